The van der Waals surface area contributed by atoms with Crippen molar-refractivity contribution in [3.63, 3.8) is 0 Å². The number of nitrogens with zero attached hydrogens (tertiary/aromatic N) is 1. The molecule has 0 amide bonds. The summed E-state index contributed by atoms with van der Waals surface area (Å²) in [6.45, 7) is 1.60. The van der Waals surface area contributed by atoms with Crippen molar-refractivity contribution in [2.45, 2.75) is 19.8 Å². The van der Waals surface area contributed by atoms with E-state index in [2.05, 4.69) is 4.98 Å². The first-order chi connectivity index (χ1) is 8.15. The standard InChI is InChI=1S/C13H12ClNOS/c1-9(16)2-7-13-15-12(8-17-13)10-3-5-11(14)6-4-10/h3-6,8H,2,7H2,1H3. The van der Waals surface area contributed by atoms with Crippen LogP contribution in [0, 0.1) is 0 Å². The van der Waals surface area contributed by atoms with Crippen LogP contribution in [0.5, 0.6) is 0 Å². The average Bonchev–Trinajstić information content (AvgIpc) is 2.76. The van der Waals surface area contributed by atoms with Gasteiger partial charge in [-0.25, -0.2) is 4.98 Å². The molecule has 0 aliphatic heterocycles. The fourth-order valence-electron chi connectivity index (χ4n) is 1.46. The summed E-state index contributed by atoms with van der Waals surface area (Å²) in [6, 6.07) is 7.61. The average molecular weight is 266 g/mol. The number of thiazole rings is 1. The molecule has 2 rings (SSSR count). The van der Waals surface area contributed by atoms with Gasteiger partial charge < -0.3 is 4.79 Å². The maximum absolute atomic E-state index is 10.9. The second kappa shape index (κ2) is 5.43. The van der Waals surface area contributed by atoms with E-state index in [1.54, 1.807) is 18.3 Å². The highest BCUT2D eigenvalue weighted by atomic mass is 35.5. The van der Waals surface area contributed by atoms with Crippen molar-refractivity contribution in [1.82, 2.24) is 4.98 Å². The number of carbonyl (C=O) groups is 1. The Labute approximate surface area is 109 Å². The number of hydrogen-bond acceptors (Lipinski definition) is 3. The number of halogens is 1. The first kappa shape index (κ1) is 12.3. The normalized spacial score (nSPS) is 10.5. The highest BCUT2D eigenvalue weighted by Crippen LogP contribution is 2.24. The Morgan fingerprint density at radius 1 is 1.35 bits per heavy atom. The molecule has 0 aliphatic rings. The molecule has 0 radical (unpaired) electrons. The summed E-state index contributed by atoms with van der Waals surface area (Å²) in [6.07, 6.45) is 1.29. The molecule has 17 heavy (non-hydrogen) atoms. The van der Waals surface area contributed by atoms with Gasteiger partial charge in [-0.15, -0.1) is 11.3 Å². The van der Waals surface area contributed by atoms with Crippen LogP contribution in [0.25, 0.3) is 11.3 Å². The minimum atomic E-state index is 0.202. The van der Waals surface area contributed by atoms with Crippen LogP contribution in [-0.2, 0) is 11.2 Å². The number of rotatable bonds is 4. The molecule has 0 bridgehead atoms. The highest BCUT2D eigenvalue weighted by Gasteiger charge is 2.05. The molecule has 0 saturated carbocycles. The van der Waals surface area contributed by atoms with E-state index in [9.17, 15) is 4.79 Å². The molecule has 0 saturated heterocycles. The lowest BCUT2D eigenvalue weighted by atomic mass is 10.2. The van der Waals surface area contributed by atoms with Crippen molar-refractivity contribution >= 4 is 28.7 Å². The molecule has 2 nitrogen and oxygen atoms in total. The Balaban J connectivity index is 2.12. The van der Waals surface area contributed by atoms with E-state index in [0.29, 0.717) is 6.42 Å². The van der Waals surface area contributed by atoms with Gasteiger partial charge in [-0.1, -0.05) is 23.7 Å². The molecule has 0 spiro atoms. The van der Waals surface area contributed by atoms with E-state index in [4.69, 9.17) is 11.6 Å². The van der Waals surface area contributed by atoms with Crippen LogP contribution in [0.4, 0.5) is 0 Å². The summed E-state index contributed by atoms with van der Waals surface area (Å²) < 4.78 is 0. The van der Waals surface area contributed by atoms with Crippen molar-refractivity contribution in [3.8, 4) is 11.3 Å². The van der Waals surface area contributed by atoms with Crippen LogP contribution < -0.4 is 0 Å². The molecule has 4 heteroatoms. The summed E-state index contributed by atoms with van der Waals surface area (Å²) >= 11 is 7.43. The first-order valence-electron chi connectivity index (χ1n) is 5.35. The van der Waals surface area contributed by atoms with Crippen LogP contribution in [0.2, 0.25) is 5.02 Å². The molecule has 0 N–H and O–H groups in total. The second-order valence-corrected chi connectivity index (χ2v) is 5.21. The summed E-state index contributed by atoms with van der Waals surface area (Å²) in [5.41, 5.74) is 2.00. The lowest BCUT2D eigenvalue weighted by Gasteiger charge is -1.96. The zero-order valence-corrected chi connectivity index (χ0v) is 11.0. The Kier molecular flexibility index (Phi) is 3.92. The lowest BCUT2D eigenvalue weighted by Crippen LogP contribution is -1.93. The van der Waals surface area contributed by atoms with E-state index >= 15 is 0 Å². The number of carbonyl (C=O) groups excluding carboxylic acids is 1. The molecular weight excluding hydrogens is 254 g/mol. The third-order valence-corrected chi connectivity index (χ3v) is 3.54. The van der Waals surface area contributed by atoms with Gasteiger partial charge in [0.05, 0.1) is 10.7 Å². The quantitative estimate of drug-likeness (QED) is 0.837. The molecule has 1 heterocycles. The zero-order valence-electron chi connectivity index (χ0n) is 9.44. The van der Waals surface area contributed by atoms with E-state index in [-0.39, 0.29) is 5.78 Å². The van der Waals surface area contributed by atoms with E-state index in [1.165, 1.54) is 0 Å². The van der Waals surface area contributed by atoms with Gasteiger partial charge in [-0.2, -0.15) is 0 Å². The van der Waals surface area contributed by atoms with Crippen molar-refractivity contribution in [2.75, 3.05) is 0 Å². The molecular formula is C13H12ClNOS. The molecule has 0 unspecified atom stereocenters. The smallest absolute Gasteiger partial charge is 0.130 e. The molecule has 88 valence electrons. The molecule has 2 aromatic rings. The summed E-state index contributed by atoms with van der Waals surface area (Å²) in [5, 5.41) is 3.74. The Morgan fingerprint density at radius 2 is 2.06 bits per heavy atom. The number of Topliss-reactive ketones (excluding diaryl/α,β-unsaturated/α-hetero) is 1. The summed E-state index contributed by atoms with van der Waals surface area (Å²) in [5.74, 6) is 0.202. The van der Waals surface area contributed by atoms with Crippen molar-refractivity contribution in [1.29, 1.82) is 0 Å². The minimum Gasteiger partial charge on any atom is -0.300 e. The predicted molar refractivity (Wildman–Crippen MR) is 71.6 cm³/mol. The van der Waals surface area contributed by atoms with Crippen LogP contribution in [0.3, 0.4) is 0 Å². The van der Waals surface area contributed by atoms with Crippen molar-refractivity contribution in [3.05, 3.63) is 39.7 Å². The fourth-order valence-corrected chi connectivity index (χ4v) is 2.40. The van der Waals surface area contributed by atoms with Crippen molar-refractivity contribution < 1.29 is 4.79 Å². The monoisotopic (exact) mass is 265 g/mol. The van der Waals surface area contributed by atoms with Crippen LogP contribution >= 0.6 is 22.9 Å². The maximum atomic E-state index is 10.9. The molecule has 1 aromatic carbocycles. The highest BCUT2D eigenvalue weighted by molar-refractivity contribution is 7.09. The first-order valence-corrected chi connectivity index (χ1v) is 6.60. The van der Waals surface area contributed by atoms with Crippen LogP contribution in [0.1, 0.15) is 18.4 Å². The summed E-state index contributed by atoms with van der Waals surface area (Å²) in [7, 11) is 0. The largest absolute Gasteiger partial charge is 0.300 e. The van der Waals surface area contributed by atoms with Gasteiger partial charge >= 0.3 is 0 Å². The van der Waals surface area contributed by atoms with Gasteiger partial charge in [0, 0.05) is 28.8 Å². The van der Waals surface area contributed by atoms with Crippen LogP contribution in [0.15, 0.2) is 29.6 Å². The van der Waals surface area contributed by atoms with Gasteiger partial charge in [-0.05, 0) is 19.1 Å². The number of ketones is 1. The van der Waals surface area contributed by atoms with E-state index in [0.717, 1.165) is 27.7 Å². The lowest BCUT2D eigenvalue weighted by molar-refractivity contribution is -0.116. The van der Waals surface area contributed by atoms with Gasteiger partial charge in [0.25, 0.3) is 0 Å². The number of aromatic nitrogens is 1. The zero-order chi connectivity index (χ0) is 12.3. The summed E-state index contributed by atoms with van der Waals surface area (Å²) in [4.78, 5) is 15.4. The fraction of sp³-hybridized carbons (Fsp3) is 0.231. The van der Waals surface area contributed by atoms with Gasteiger partial charge in [0.15, 0.2) is 0 Å². The maximum Gasteiger partial charge on any atom is 0.130 e. The van der Waals surface area contributed by atoms with Gasteiger partial charge in [-0.3, -0.25) is 0 Å². The molecule has 0 atom stereocenters. The SMILES string of the molecule is CC(=O)CCc1nc(-c2ccc(Cl)cc2)cs1. The van der Waals surface area contributed by atoms with Gasteiger partial charge in [0.1, 0.15) is 5.78 Å². The predicted octanol–water partition coefficient (Wildman–Crippen LogP) is 3.99. The van der Waals surface area contributed by atoms with Gasteiger partial charge in [0.2, 0.25) is 0 Å². The van der Waals surface area contributed by atoms with Crippen molar-refractivity contribution in [2.24, 2.45) is 0 Å². The Bertz CT molecular complexity index is 518. The molecule has 1 aromatic heterocycles. The third-order valence-electron chi connectivity index (χ3n) is 2.38. The third kappa shape index (κ3) is 3.38. The van der Waals surface area contributed by atoms with Crippen LogP contribution in [-0.4, -0.2) is 10.8 Å². The minimum absolute atomic E-state index is 0.202. The van der Waals surface area contributed by atoms with E-state index < -0.39 is 0 Å². The number of hydrogen-bond donors (Lipinski definition) is 0. The van der Waals surface area contributed by atoms with E-state index in [1.807, 2.05) is 29.6 Å². The second-order valence-electron chi connectivity index (χ2n) is 3.84. The number of benzene rings is 1. The topological polar surface area (TPSA) is 30.0 Å². The molecule has 0 aliphatic carbocycles. The molecule has 0 fully saturated rings. The Morgan fingerprint density at radius 3 is 2.71 bits per heavy atom. The Hall–Kier alpha value is -1.19. The number of aryl methyl sites for hydroxylation is 1.